The number of aromatic nitrogens is 2. The number of nitrogens with zero attached hydrogens (tertiary/aromatic N) is 2. The van der Waals surface area contributed by atoms with E-state index in [2.05, 4.69) is 28.7 Å². The van der Waals surface area contributed by atoms with Gasteiger partial charge in [0, 0.05) is 37.3 Å². The first kappa shape index (κ1) is 17.4. The zero-order chi connectivity index (χ0) is 18.1. The smallest absolute Gasteiger partial charge is 0.160 e. The minimum atomic E-state index is 0.526. The summed E-state index contributed by atoms with van der Waals surface area (Å²) in [5, 5.41) is 8.12. The largest absolute Gasteiger partial charge is 0.493 e. The van der Waals surface area contributed by atoms with Gasteiger partial charge >= 0.3 is 0 Å². The molecule has 4 atom stereocenters. The van der Waals surface area contributed by atoms with E-state index in [1.165, 1.54) is 36.8 Å². The van der Waals surface area contributed by atoms with Crippen LogP contribution in [0.3, 0.4) is 0 Å². The number of hydrogen-bond acceptors (Lipinski definition) is 4. The molecule has 0 radical (unpaired) electrons. The molecule has 0 saturated heterocycles. The first-order valence-corrected chi connectivity index (χ1v) is 9.64. The quantitative estimate of drug-likeness (QED) is 0.862. The Labute approximate surface area is 155 Å². The summed E-state index contributed by atoms with van der Waals surface area (Å²) < 4.78 is 12.8. The van der Waals surface area contributed by atoms with Crippen molar-refractivity contribution in [2.75, 3.05) is 14.2 Å². The summed E-state index contributed by atoms with van der Waals surface area (Å²) >= 11 is 0. The van der Waals surface area contributed by atoms with E-state index >= 15 is 0 Å². The van der Waals surface area contributed by atoms with Gasteiger partial charge in [-0.2, -0.15) is 5.10 Å². The number of methoxy groups -OCH3 is 2. The van der Waals surface area contributed by atoms with E-state index in [1.807, 2.05) is 24.0 Å². The van der Waals surface area contributed by atoms with Crippen LogP contribution in [0.2, 0.25) is 0 Å². The van der Waals surface area contributed by atoms with Crippen molar-refractivity contribution < 1.29 is 9.47 Å². The second kappa shape index (κ2) is 7.31. The van der Waals surface area contributed by atoms with Crippen LogP contribution in [0.15, 0.2) is 30.6 Å². The van der Waals surface area contributed by atoms with E-state index in [1.54, 1.807) is 14.2 Å². The lowest BCUT2D eigenvalue weighted by molar-refractivity contribution is 0.0253. The topological polar surface area (TPSA) is 48.3 Å². The van der Waals surface area contributed by atoms with Gasteiger partial charge < -0.3 is 14.8 Å². The van der Waals surface area contributed by atoms with Gasteiger partial charge in [0.25, 0.3) is 0 Å². The maximum atomic E-state index is 5.54. The predicted molar refractivity (Wildman–Crippen MR) is 102 cm³/mol. The number of fused-ring (bicyclic) bond motifs is 1. The third kappa shape index (κ3) is 3.09. The second-order valence-corrected chi connectivity index (χ2v) is 7.68. The van der Waals surface area contributed by atoms with Crippen molar-refractivity contribution in [3.05, 3.63) is 41.7 Å². The normalized spacial score (nSPS) is 27.5. The van der Waals surface area contributed by atoms with Crippen LogP contribution in [0.1, 0.15) is 42.7 Å². The molecular formula is C21H29N3O2. The summed E-state index contributed by atoms with van der Waals surface area (Å²) in [5.41, 5.74) is 2.62. The Balaban J connectivity index is 1.55. The first-order chi connectivity index (χ1) is 12.7. The van der Waals surface area contributed by atoms with Gasteiger partial charge in [-0.25, -0.2) is 0 Å². The van der Waals surface area contributed by atoms with Gasteiger partial charge in [-0.1, -0.05) is 18.9 Å². The van der Waals surface area contributed by atoms with E-state index in [0.717, 1.165) is 29.9 Å². The van der Waals surface area contributed by atoms with Crippen LogP contribution in [-0.4, -0.2) is 30.0 Å². The molecule has 2 aromatic rings. The fourth-order valence-corrected chi connectivity index (χ4v) is 5.06. The van der Waals surface area contributed by atoms with Crippen molar-refractivity contribution >= 4 is 0 Å². The van der Waals surface area contributed by atoms with Crippen molar-refractivity contribution in [3.63, 3.8) is 0 Å². The Morgan fingerprint density at radius 2 is 1.88 bits per heavy atom. The highest BCUT2D eigenvalue weighted by Crippen LogP contribution is 2.55. The SMILES string of the molecule is COc1ccc([C@H]2[C@H]3CCCC[C@H]3[C@@H]2NCc2cnn(C)c2)cc1OC. The van der Waals surface area contributed by atoms with Crippen molar-refractivity contribution in [1.82, 2.24) is 15.1 Å². The zero-order valence-corrected chi connectivity index (χ0v) is 15.9. The minimum absolute atomic E-state index is 0.526. The Kier molecular flexibility index (Phi) is 4.90. The van der Waals surface area contributed by atoms with Crippen LogP contribution in [0.25, 0.3) is 0 Å². The molecule has 0 amide bonds. The standard InChI is InChI=1S/C21H29N3O2/c1-24-13-14(12-23-24)11-22-21-17-7-5-4-6-16(17)20(21)15-8-9-18(25-2)19(10-15)26-3/h8-10,12-13,16-17,20-22H,4-7,11H2,1-3H3/t16-,17+,20-,21-/m0/s1. The molecule has 2 aliphatic carbocycles. The molecule has 2 aliphatic rings. The van der Waals surface area contributed by atoms with E-state index in [9.17, 15) is 0 Å². The summed E-state index contributed by atoms with van der Waals surface area (Å²) in [4.78, 5) is 0. The summed E-state index contributed by atoms with van der Waals surface area (Å²) in [7, 11) is 5.37. The van der Waals surface area contributed by atoms with Crippen LogP contribution in [0.5, 0.6) is 11.5 Å². The number of aryl methyl sites for hydroxylation is 1. The minimum Gasteiger partial charge on any atom is -0.493 e. The van der Waals surface area contributed by atoms with Gasteiger partial charge in [-0.15, -0.1) is 0 Å². The van der Waals surface area contributed by atoms with Crippen LogP contribution in [0.4, 0.5) is 0 Å². The lowest BCUT2D eigenvalue weighted by Crippen LogP contribution is -2.57. The van der Waals surface area contributed by atoms with Gasteiger partial charge in [0.05, 0.1) is 20.4 Å². The molecule has 1 heterocycles. The van der Waals surface area contributed by atoms with Crippen molar-refractivity contribution in [3.8, 4) is 11.5 Å². The molecule has 0 unspecified atom stereocenters. The molecule has 1 aromatic heterocycles. The molecule has 0 bridgehead atoms. The van der Waals surface area contributed by atoms with Crippen LogP contribution in [-0.2, 0) is 13.6 Å². The lowest BCUT2D eigenvalue weighted by Gasteiger charge is -2.55. The fraction of sp³-hybridized carbons (Fsp3) is 0.571. The summed E-state index contributed by atoms with van der Waals surface area (Å²) in [5.74, 6) is 3.76. The van der Waals surface area contributed by atoms with Gasteiger partial charge in [0.2, 0.25) is 0 Å². The maximum Gasteiger partial charge on any atom is 0.160 e. The summed E-state index contributed by atoms with van der Waals surface area (Å²) in [6.45, 7) is 0.880. The van der Waals surface area contributed by atoms with E-state index in [0.29, 0.717) is 12.0 Å². The average Bonchev–Trinajstić information content (AvgIpc) is 3.07. The highest BCUT2D eigenvalue weighted by molar-refractivity contribution is 5.45. The molecular weight excluding hydrogens is 326 g/mol. The number of rotatable bonds is 6. The molecule has 0 spiro atoms. The Hall–Kier alpha value is -2.01. The third-order valence-corrected chi connectivity index (χ3v) is 6.28. The molecule has 5 nitrogen and oxygen atoms in total. The van der Waals surface area contributed by atoms with Crippen LogP contribution in [0, 0.1) is 11.8 Å². The highest BCUT2D eigenvalue weighted by atomic mass is 16.5. The maximum absolute atomic E-state index is 5.54. The van der Waals surface area contributed by atoms with Crippen LogP contribution < -0.4 is 14.8 Å². The van der Waals surface area contributed by atoms with E-state index in [-0.39, 0.29) is 0 Å². The van der Waals surface area contributed by atoms with Crippen molar-refractivity contribution in [2.45, 2.75) is 44.2 Å². The number of nitrogens with one attached hydrogen (secondary N) is 1. The molecule has 4 rings (SSSR count). The van der Waals surface area contributed by atoms with Crippen LogP contribution >= 0.6 is 0 Å². The monoisotopic (exact) mass is 355 g/mol. The number of benzene rings is 1. The average molecular weight is 355 g/mol. The molecule has 1 aromatic carbocycles. The molecule has 1 N–H and O–H groups in total. The molecule has 26 heavy (non-hydrogen) atoms. The lowest BCUT2D eigenvalue weighted by atomic mass is 9.53. The summed E-state index contributed by atoms with van der Waals surface area (Å²) in [6, 6.07) is 6.96. The third-order valence-electron chi connectivity index (χ3n) is 6.28. The number of hydrogen-bond donors (Lipinski definition) is 1. The van der Waals surface area contributed by atoms with E-state index < -0.39 is 0 Å². The van der Waals surface area contributed by atoms with Gasteiger partial charge in [-0.3, -0.25) is 4.68 Å². The second-order valence-electron chi connectivity index (χ2n) is 7.68. The molecule has 140 valence electrons. The number of ether oxygens (including phenoxy) is 2. The highest BCUT2D eigenvalue weighted by Gasteiger charge is 2.51. The van der Waals surface area contributed by atoms with Crippen molar-refractivity contribution in [1.29, 1.82) is 0 Å². The Morgan fingerprint density at radius 1 is 1.12 bits per heavy atom. The fourth-order valence-electron chi connectivity index (χ4n) is 5.06. The predicted octanol–water partition coefficient (Wildman–Crippen LogP) is 3.50. The van der Waals surface area contributed by atoms with E-state index in [4.69, 9.17) is 9.47 Å². The Morgan fingerprint density at radius 3 is 2.58 bits per heavy atom. The van der Waals surface area contributed by atoms with Gasteiger partial charge in [-0.05, 0) is 42.4 Å². The van der Waals surface area contributed by atoms with Gasteiger partial charge in [0.15, 0.2) is 11.5 Å². The first-order valence-electron chi connectivity index (χ1n) is 9.64. The molecule has 5 heteroatoms. The molecule has 0 aliphatic heterocycles. The Bertz CT molecular complexity index is 757. The van der Waals surface area contributed by atoms with Gasteiger partial charge in [0.1, 0.15) is 0 Å². The molecule has 2 fully saturated rings. The van der Waals surface area contributed by atoms with Crippen molar-refractivity contribution in [2.24, 2.45) is 18.9 Å². The summed E-state index contributed by atoms with van der Waals surface area (Å²) in [6.07, 6.45) is 9.46. The zero-order valence-electron chi connectivity index (χ0n) is 15.9. The molecule has 2 saturated carbocycles.